The largest absolute Gasteiger partial charge is 1.00 e. The minimum Gasteiger partial charge on any atom is -0.548 e. The molecule has 0 radical (unpaired) electrons. The second kappa shape index (κ2) is 8.63. The van der Waals surface area contributed by atoms with E-state index in [0.717, 1.165) is 5.69 Å². The molecule has 2 fully saturated rings. The van der Waals surface area contributed by atoms with Gasteiger partial charge in [-0.05, 0) is 38.1 Å². The number of hydrogen-bond acceptors (Lipinski definition) is 6. The molecule has 9 heteroatoms. The van der Waals surface area contributed by atoms with E-state index >= 15 is 0 Å². The fourth-order valence-corrected chi connectivity index (χ4v) is 5.43. The monoisotopic (exact) mass is 433 g/mol. The molecule has 150 valence electrons. The molecule has 2 unspecified atom stereocenters. The number of thioether (sulfide) groups is 1. The molecule has 2 heterocycles. The number of carboxylic acids is 1. The second-order valence-electron chi connectivity index (χ2n) is 7.57. The molecule has 7 nitrogen and oxygen atoms in total. The third-order valence-corrected chi connectivity index (χ3v) is 6.75. The van der Waals surface area contributed by atoms with Crippen LogP contribution in [-0.4, -0.2) is 44.9 Å². The Morgan fingerprint density at radius 1 is 1.07 bits per heavy atom. The average molecular weight is 433 g/mol. The number of nitrogens with zero attached hydrogens (tertiary/aromatic N) is 1. The first kappa shape index (κ1) is 22.7. The summed E-state index contributed by atoms with van der Waals surface area (Å²) in [5.74, 6) is -2.07. The second-order valence-corrected chi connectivity index (χ2v) is 9.34. The van der Waals surface area contributed by atoms with Crippen molar-refractivity contribution in [3.05, 3.63) is 60.2 Å². The van der Waals surface area contributed by atoms with E-state index in [4.69, 9.17) is 0 Å². The SMILES string of the molecule is CC1(C)SC2[C@H](NC(=O)c3ccccc3Nc3ccccc3)C(=O)N2C1C(=O)[O-].[Na+]. The van der Waals surface area contributed by atoms with Gasteiger partial charge in [-0.1, -0.05) is 30.3 Å². The number of β-lactam (4-membered cyclic amide) rings is 1. The zero-order valence-electron chi connectivity index (χ0n) is 16.9. The van der Waals surface area contributed by atoms with Crippen LogP contribution in [0.1, 0.15) is 24.2 Å². The van der Waals surface area contributed by atoms with Crippen LogP contribution in [0.2, 0.25) is 0 Å². The molecule has 0 saturated carbocycles. The van der Waals surface area contributed by atoms with Crippen LogP contribution in [0.3, 0.4) is 0 Å². The number of amides is 2. The normalized spacial score (nSPS) is 23.6. The number of hydrogen-bond donors (Lipinski definition) is 2. The topological polar surface area (TPSA) is 102 Å². The fourth-order valence-electron chi connectivity index (χ4n) is 3.81. The molecular weight excluding hydrogens is 413 g/mol. The molecule has 2 N–H and O–H groups in total. The van der Waals surface area contributed by atoms with Crippen LogP contribution in [0.4, 0.5) is 11.4 Å². The molecule has 4 rings (SSSR count). The predicted octanol–water partition coefficient (Wildman–Crippen LogP) is -1.66. The van der Waals surface area contributed by atoms with E-state index in [9.17, 15) is 19.5 Å². The van der Waals surface area contributed by atoms with Gasteiger partial charge >= 0.3 is 29.6 Å². The van der Waals surface area contributed by atoms with Gasteiger partial charge in [-0.3, -0.25) is 9.59 Å². The molecule has 2 amide bonds. The molecule has 2 aromatic carbocycles. The van der Waals surface area contributed by atoms with Crippen molar-refractivity contribution in [3.8, 4) is 0 Å². The maximum absolute atomic E-state index is 12.9. The van der Waals surface area contributed by atoms with Crippen molar-refractivity contribution in [1.82, 2.24) is 10.2 Å². The number of rotatable bonds is 5. The van der Waals surface area contributed by atoms with E-state index in [1.165, 1.54) is 16.7 Å². The number of fused-ring (bicyclic) bond motifs is 1. The van der Waals surface area contributed by atoms with Gasteiger partial charge in [-0.25, -0.2) is 0 Å². The molecular formula is C21H20N3NaO4S. The summed E-state index contributed by atoms with van der Waals surface area (Å²) in [5.41, 5.74) is 1.86. The average Bonchev–Trinajstić information content (AvgIpc) is 2.95. The quantitative estimate of drug-likeness (QED) is 0.433. The fraction of sp³-hybridized carbons (Fsp3) is 0.286. The van der Waals surface area contributed by atoms with Gasteiger partial charge in [0.15, 0.2) is 0 Å². The predicted molar refractivity (Wildman–Crippen MR) is 109 cm³/mol. The van der Waals surface area contributed by atoms with Crippen LogP contribution in [-0.2, 0) is 9.59 Å². The van der Waals surface area contributed by atoms with Gasteiger partial charge in [0.25, 0.3) is 5.91 Å². The number of para-hydroxylation sites is 2. The molecule has 0 spiro atoms. The zero-order valence-corrected chi connectivity index (χ0v) is 19.7. The third kappa shape index (κ3) is 3.97. The third-order valence-electron chi connectivity index (χ3n) is 5.18. The van der Waals surface area contributed by atoms with Crippen LogP contribution >= 0.6 is 11.8 Å². The first-order valence-electron chi connectivity index (χ1n) is 9.22. The van der Waals surface area contributed by atoms with Crippen LogP contribution in [0.5, 0.6) is 0 Å². The number of carbonyl (C=O) groups excluding carboxylic acids is 3. The van der Waals surface area contributed by atoms with Gasteiger partial charge in [0.1, 0.15) is 11.4 Å². The van der Waals surface area contributed by atoms with Crippen molar-refractivity contribution in [3.63, 3.8) is 0 Å². The Hall–Kier alpha value is -2.00. The molecule has 0 aromatic heterocycles. The van der Waals surface area contributed by atoms with Gasteiger partial charge in [0.2, 0.25) is 5.91 Å². The van der Waals surface area contributed by atoms with Gasteiger partial charge in [0, 0.05) is 10.4 Å². The van der Waals surface area contributed by atoms with Crippen molar-refractivity contribution in [2.45, 2.75) is 36.1 Å². The van der Waals surface area contributed by atoms with Crippen molar-refractivity contribution >= 4 is 40.9 Å². The molecule has 2 aromatic rings. The summed E-state index contributed by atoms with van der Waals surface area (Å²) in [6.07, 6.45) is 0. The molecule has 0 aliphatic carbocycles. The van der Waals surface area contributed by atoms with E-state index in [1.54, 1.807) is 32.0 Å². The maximum atomic E-state index is 12.9. The van der Waals surface area contributed by atoms with Gasteiger partial charge < -0.3 is 25.4 Å². The molecule has 0 bridgehead atoms. The Balaban J connectivity index is 0.00000256. The molecule has 30 heavy (non-hydrogen) atoms. The number of aliphatic carboxylic acids is 1. The van der Waals surface area contributed by atoms with Crippen LogP contribution in [0.25, 0.3) is 0 Å². The van der Waals surface area contributed by atoms with E-state index in [-0.39, 0.29) is 29.6 Å². The summed E-state index contributed by atoms with van der Waals surface area (Å²) in [6.45, 7) is 3.53. The number of anilines is 2. The summed E-state index contributed by atoms with van der Waals surface area (Å²) >= 11 is 1.36. The summed E-state index contributed by atoms with van der Waals surface area (Å²) in [6, 6.07) is 14.7. The Morgan fingerprint density at radius 3 is 2.37 bits per heavy atom. The maximum Gasteiger partial charge on any atom is 1.00 e. The number of carboxylic acid groups (broad SMARTS) is 1. The van der Waals surface area contributed by atoms with Gasteiger partial charge in [0.05, 0.1) is 23.3 Å². The van der Waals surface area contributed by atoms with Crippen LogP contribution < -0.4 is 45.3 Å². The van der Waals surface area contributed by atoms with Crippen LogP contribution in [0.15, 0.2) is 54.6 Å². The van der Waals surface area contributed by atoms with E-state index in [1.807, 2.05) is 36.4 Å². The Kier molecular flexibility index (Phi) is 6.52. The number of benzene rings is 2. The van der Waals surface area contributed by atoms with E-state index in [0.29, 0.717) is 11.3 Å². The molecule has 2 aliphatic heterocycles. The van der Waals surface area contributed by atoms with Crippen molar-refractivity contribution in [2.24, 2.45) is 0 Å². The van der Waals surface area contributed by atoms with Gasteiger partial charge in [-0.15, -0.1) is 11.8 Å². The molecule has 2 aliphatic rings. The Morgan fingerprint density at radius 2 is 1.70 bits per heavy atom. The van der Waals surface area contributed by atoms with Crippen LogP contribution in [0, 0.1) is 0 Å². The van der Waals surface area contributed by atoms with E-state index < -0.39 is 40.0 Å². The minimum absolute atomic E-state index is 0. The molecule has 2 saturated heterocycles. The Bertz CT molecular complexity index is 985. The summed E-state index contributed by atoms with van der Waals surface area (Å²) in [4.78, 5) is 38.3. The summed E-state index contributed by atoms with van der Waals surface area (Å²) in [5, 5.41) is 17.1. The first-order valence-corrected chi connectivity index (χ1v) is 10.1. The number of nitrogens with one attached hydrogen (secondary N) is 2. The van der Waals surface area contributed by atoms with Crippen molar-refractivity contribution < 1.29 is 49.0 Å². The summed E-state index contributed by atoms with van der Waals surface area (Å²) < 4.78 is -0.689. The number of carbonyl (C=O) groups is 3. The van der Waals surface area contributed by atoms with Crippen molar-refractivity contribution in [1.29, 1.82) is 0 Å². The van der Waals surface area contributed by atoms with E-state index in [2.05, 4.69) is 10.6 Å². The Labute approximate surface area is 200 Å². The smallest absolute Gasteiger partial charge is 0.548 e. The molecule has 3 atom stereocenters. The standard InChI is InChI=1S/C21H21N3O4S.Na/c1-21(2)16(20(27)28)24-18(26)15(19(24)29-21)23-17(25)13-10-6-7-11-14(13)22-12-8-4-3-5-9-12;/h3-11,15-16,19,22H,1-2H3,(H,23,25)(H,27,28);/q;+1/p-1/t15-,16?,19?;/m1./s1. The van der Waals surface area contributed by atoms with Crippen molar-refractivity contribution in [2.75, 3.05) is 5.32 Å². The zero-order chi connectivity index (χ0) is 20.8. The minimum atomic E-state index is -1.28. The first-order chi connectivity index (χ1) is 13.8. The van der Waals surface area contributed by atoms with Gasteiger partial charge in [-0.2, -0.15) is 0 Å². The summed E-state index contributed by atoms with van der Waals surface area (Å²) in [7, 11) is 0.